The van der Waals surface area contributed by atoms with Gasteiger partial charge in [-0.2, -0.15) is 8.42 Å². The fourth-order valence-corrected chi connectivity index (χ4v) is 4.24. The Morgan fingerprint density at radius 3 is 2.72 bits per heavy atom. The molecule has 6 heteroatoms. The zero-order valence-corrected chi connectivity index (χ0v) is 15.1. The van der Waals surface area contributed by atoms with Gasteiger partial charge >= 0.3 is 10.1 Å². The van der Waals surface area contributed by atoms with E-state index in [-0.39, 0.29) is 11.5 Å². The van der Waals surface area contributed by atoms with Gasteiger partial charge < -0.3 is 8.60 Å². The van der Waals surface area contributed by atoms with E-state index < -0.39 is 15.5 Å². The predicted octanol–water partition coefficient (Wildman–Crippen LogP) is 3.45. The van der Waals surface area contributed by atoms with E-state index in [4.69, 9.17) is 8.60 Å². The van der Waals surface area contributed by atoms with E-state index in [0.717, 1.165) is 28.7 Å². The molecule has 2 aromatic rings. The average molecular weight is 358 g/mol. The lowest BCUT2D eigenvalue weighted by molar-refractivity contribution is 0.0993. The van der Waals surface area contributed by atoms with Crippen molar-refractivity contribution in [3.05, 3.63) is 58.0 Å². The number of hydrogen-bond donors (Lipinski definition) is 0. The fourth-order valence-electron chi connectivity index (χ4n) is 3.79. The van der Waals surface area contributed by atoms with Crippen LogP contribution in [0.25, 0.3) is 6.08 Å². The molecular weight excluding hydrogens is 340 g/mol. The topological polar surface area (TPSA) is 73.6 Å². The van der Waals surface area contributed by atoms with Crippen LogP contribution in [0.4, 0.5) is 0 Å². The standard InChI is InChI=1S/C19H18O5S/c1-19(2)14-10-12(24-25(3,21)22)8-7-11(14)9-13-17-15(20)5-4-6-16(17)23-18(13)19/h4,6-8,10H,5,9H2,1-3H3. The lowest BCUT2D eigenvalue weighted by Gasteiger charge is -2.31. The summed E-state index contributed by atoms with van der Waals surface area (Å²) in [6, 6.07) is 5.26. The maximum absolute atomic E-state index is 12.4. The van der Waals surface area contributed by atoms with Crippen LogP contribution in [0.5, 0.6) is 5.75 Å². The number of furan rings is 1. The molecule has 0 N–H and O–H groups in total. The Balaban J connectivity index is 1.87. The molecule has 0 saturated heterocycles. The normalized spacial score (nSPS) is 17.6. The van der Waals surface area contributed by atoms with Gasteiger partial charge in [0.2, 0.25) is 0 Å². The van der Waals surface area contributed by atoms with Crippen molar-refractivity contribution in [2.24, 2.45) is 0 Å². The molecule has 0 unspecified atom stereocenters. The summed E-state index contributed by atoms with van der Waals surface area (Å²) in [7, 11) is -3.59. The molecule has 1 heterocycles. The van der Waals surface area contributed by atoms with Crippen molar-refractivity contribution in [1.29, 1.82) is 0 Å². The van der Waals surface area contributed by atoms with Crippen LogP contribution in [0.2, 0.25) is 0 Å². The van der Waals surface area contributed by atoms with Crippen molar-refractivity contribution >= 4 is 22.0 Å². The van der Waals surface area contributed by atoms with Crippen LogP contribution in [0, 0.1) is 0 Å². The average Bonchev–Trinajstić information content (AvgIpc) is 2.88. The van der Waals surface area contributed by atoms with Crippen molar-refractivity contribution < 1.29 is 21.8 Å². The molecule has 130 valence electrons. The maximum atomic E-state index is 12.4. The smallest absolute Gasteiger partial charge is 0.306 e. The number of ketones is 1. The molecule has 0 saturated carbocycles. The Kier molecular flexibility index (Phi) is 3.28. The monoisotopic (exact) mass is 358 g/mol. The van der Waals surface area contributed by atoms with Crippen LogP contribution in [0.1, 0.15) is 58.8 Å². The van der Waals surface area contributed by atoms with E-state index in [1.54, 1.807) is 12.1 Å². The Hall–Kier alpha value is -2.34. The molecule has 25 heavy (non-hydrogen) atoms. The number of hydrogen-bond acceptors (Lipinski definition) is 5. The zero-order chi connectivity index (χ0) is 18.0. The minimum absolute atomic E-state index is 0.0822. The maximum Gasteiger partial charge on any atom is 0.306 e. The first-order valence-corrected chi connectivity index (χ1v) is 9.87. The molecular formula is C19H18O5S. The van der Waals surface area contributed by atoms with Crippen molar-refractivity contribution in [3.8, 4) is 5.75 Å². The first-order chi connectivity index (χ1) is 11.7. The summed E-state index contributed by atoms with van der Waals surface area (Å²) in [5.41, 5.74) is 3.13. The van der Waals surface area contributed by atoms with Crippen molar-refractivity contribution in [2.75, 3.05) is 6.26 Å². The van der Waals surface area contributed by atoms with Gasteiger partial charge in [0.25, 0.3) is 0 Å². The largest absolute Gasteiger partial charge is 0.460 e. The van der Waals surface area contributed by atoms with E-state index in [1.807, 2.05) is 32.1 Å². The molecule has 0 atom stereocenters. The van der Waals surface area contributed by atoms with Gasteiger partial charge in [0, 0.05) is 23.8 Å². The highest BCUT2D eigenvalue weighted by Crippen LogP contribution is 2.46. The van der Waals surface area contributed by atoms with Gasteiger partial charge in [-0.1, -0.05) is 12.1 Å². The first-order valence-electron chi connectivity index (χ1n) is 8.05. The van der Waals surface area contributed by atoms with Gasteiger partial charge in [0.1, 0.15) is 17.3 Å². The quantitative estimate of drug-likeness (QED) is 0.769. The lowest BCUT2D eigenvalue weighted by atomic mass is 9.71. The number of Topliss-reactive ketones (excluding diaryl/α,β-unsaturated/α-hetero) is 1. The van der Waals surface area contributed by atoms with Gasteiger partial charge in [0.15, 0.2) is 5.78 Å². The summed E-state index contributed by atoms with van der Waals surface area (Å²) in [6.45, 7) is 4.02. The predicted molar refractivity (Wildman–Crippen MR) is 93.5 cm³/mol. The summed E-state index contributed by atoms with van der Waals surface area (Å²) in [5, 5.41) is 0. The van der Waals surface area contributed by atoms with E-state index in [9.17, 15) is 13.2 Å². The third-order valence-corrected chi connectivity index (χ3v) is 5.32. The first kappa shape index (κ1) is 16.1. The molecule has 0 bridgehead atoms. The minimum atomic E-state index is -3.59. The highest BCUT2D eigenvalue weighted by atomic mass is 32.2. The second kappa shape index (κ2) is 5.08. The van der Waals surface area contributed by atoms with Crippen LogP contribution < -0.4 is 4.18 Å². The molecule has 0 radical (unpaired) electrons. The highest BCUT2D eigenvalue weighted by molar-refractivity contribution is 7.86. The van der Waals surface area contributed by atoms with Crippen molar-refractivity contribution in [2.45, 2.75) is 32.1 Å². The number of fused-ring (bicyclic) bond motifs is 4. The van der Waals surface area contributed by atoms with Crippen LogP contribution in [-0.4, -0.2) is 20.5 Å². The second-order valence-corrected chi connectivity index (χ2v) is 8.66. The fraction of sp³-hybridized carbons (Fsp3) is 0.316. The summed E-state index contributed by atoms with van der Waals surface area (Å²) in [6.07, 6.45) is 5.68. The van der Waals surface area contributed by atoms with Crippen LogP contribution in [-0.2, 0) is 22.0 Å². The second-order valence-electron chi connectivity index (χ2n) is 7.09. The van der Waals surface area contributed by atoms with Crippen LogP contribution >= 0.6 is 0 Å². The number of allylic oxidation sites excluding steroid dienone is 1. The zero-order valence-electron chi connectivity index (χ0n) is 14.3. The van der Waals surface area contributed by atoms with E-state index in [2.05, 4.69) is 0 Å². The van der Waals surface area contributed by atoms with Gasteiger partial charge in [-0.25, -0.2) is 0 Å². The lowest BCUT2D eigenvalue weighted by Crippen LogP contribution is -2.27. The molecule has 0 spiro atoms. The summed E-state index contributed by atoms with van der Waals surface area (Å²) < 4.78 is 33.9. The van der Waals surface area contributed by atoms with Gasteiger partial charge in [0.05, 0.1) is 11.8 Å². The van der Waals surface area contributed by atoms with E-state index in [0.29, 0.717) is 24.2 Å². The van der Waals surface area contributed by atoms with Crippen LogP contribution in [0.3, 0.4) is 0 Å². The SMILES string of the molecule is CC1(C)c2cc(OS(C)(=O)=O)ccc2Cc2c1oc1c2C(=O)CC=C1. The van der Waals surface area contributed by atoms with Gasteiger partial charge in [-0.3, -0.25) is 4.79 Å². The van der Waals surface area contributed by atoms with E-state index in [1.165, 1.54) is 0 Å². The molecule has 4 rings (SSSR count). The summed E-state index contributed by atoms with van der Waals surface area (Å²) in [4.78, 5) is 12.4. The summed E-state index contributed by atoms with van der Waals surface area (Å²) in [5.74, 6) is 1.75. The molecule has 1 aromatic carbocycles. The molecule has 1 aromatic heterocycles. The highest BCUT2D eigenvalue weighted by Gasteiger charge is 2.40. The Bertz CT molecular complexity index is 1040. The third kappa shape index (κ3) is 2.52. The Morgan fingerprint density at radius 2 is 2.00 bits per heavy atom. The van der Waals surface area contributed by atoms with Crippen molar-refractivity contribution in [3.63, 3.8) is 0 Å². The number of benzene rings is 1. The third-order valence-electron chi connectivity index (χ3n) is 4.82. The van der Waals surface area contributed by atoms with Crippen molar-refractivity contribution in [1.82, 2.24) is 0 Å². The Morgan fingerprint density at radius 1 is 1.24 bits per heavy atom. The molecule has 2 aliphatic rings. The molecule has 2 aliphatic carbocycles. The Labute approximate surface area is 146 Å². The molecule has 0 aliphatic heterocycles. The molecule has 5 nitrogen and oxygen atoms in total. The number of carbonyl (C=O) groups excluding carboxylic acids is 1. The molecule has 0 fully saturated rings. The van der Waals surface area contributed by atoms with Gasteiger partial charge in [-0.05, 0) is 43.2 Å². The number of rotatable bonds is 2. The number of carbonyl (C=O) groups is 1. The van der Waals surface area contributed by atoms with Crippen LogP contribution in [0.15, 0.2) is 28.7 Å². The summed E-state index contributed by atoms with van der Waals surface area (Å²) >= 11 is 0. The molecule has 0 amide bonds. The van der Waals surface area contributed by atoms with Gasteiger partial charge in [-0.15, -0.1) is 0 Å². The minimum Gasteiger partial charge on any atom is -0.460 e. The van der Waals surface area contributed by atoms with E-state index >= 15 is 0 Å².